The third kappa shape index (κ3) is 7.60. The number of likely N-dealkylation sites (tertiary alicyclic amines) is 1. The normalized spacial score (nSPS) is 14.7. The molecule has 0 aliphatic carbocycles. The molecule has 9 heteroatoms. The van der Waals surface area contributed by atoms with Gasteiger partial charge in [-0.3, -0.25) is 25.9 Å². The number of hydrogen-bond donors (Lipinski definition) is 4. The number of anilines is 1. The van der Waals surface area contributed by atoms with Gasteiger partial charge in [-0.05, 0) is 54.5 Å². The van der Waals surface area contributed by atoms with Crippen LogP contribution in [0.15, 0.2) is 54.1 Å². The van der Waals surface area contributed by atoms with Gasteiger partial charge in [0, 0.05) is 50.1 Å². The number of piperidine rings is 1. The van der Waals surface area contributed by atoms with Gasteiger partial charge >= 0.3 is 0 Å². The molecule has 0 unspecified atom stereocenters. The Morgan fingerprint density at radius 2 is 1.97 bits per heavy atom. The van der Waals surface area contributed by atoms with Crippen LogP contribution in [-0.4, -0.2) is 59.0 Å². The summed E-state index contributed by atoms with van der Waals surface area (Å²) in [7, 11) is 0. The Bertz CT molecular complexity index is 1070. The number of benzene rings is 1. The minimum atomic E-state index is -0.133. The van der Waals surface area contributed by atoms with Crippen LogP contribution in [-0.2, 0) is 4.74 Å². The lowest BCUT2D eigenvalue weighted by Crippen LogP contribution is -2.49. The van der Waals surface area contributed by atoms with Gasteiger partial charge in [0.15, 0.2) is 5.90 Å². The van der Waals surface area contributed by atoms with Crippen molar-refractivity contribution in [2.75, 3.05) is 25.0 Å². The van der Waals surface area contributed by atoms with Crippen molar-refractivity contribution >= 4 is 40.6 Å². The summed E-state index contributed by atoms with van der Waals surface area (Å²) in [6.07, 6.45) is 4.91. The predicted molar refractivity (Wildman–Crippen MR) is 143 cm³/mol. The molecule has 1 fully saturated rings. The van der Waals surface area contributed by atoms with Gasteiger partial charge < -0.3 is 15.0 Å². The Labute approximate surface area is 211 Å². The molecule has 0 bridgehead atoms. The molecule has 8 nitrogen and oxygen atoms in total. The zero-order valence-electron chi connectivity index (χ0n) is 20.5. The fourth-order valence-corrected chi connectivity index (χ4v) is 4.79. The van der Waals surface area contributed by atoms with Crippen molar-refractivity contribution in [2.45, 2.75) is 39.7 Å². The summed E-state index contributed by atoms with van der Waals surface area (Å²) in [5.41, 5.74) is 1.24. The fraction of sp³-hybridized carbons (Fsp3) is 0.385. The summed E-state index contributed by atoms with van der Waals surface area (Å²) < 4.78 is 5.06. The lowest BCUT2D eigenvalue weighted by Gasteiger charge is -2.38. The van der Waals surface area contributed by atoms with E-state index in [0.29, 0.717) is 22.0 Å². The van der Waals surface area contributed by atoms with Crippen molar-refractivity contribution in [3.8, 4) is 0 Å². The van der Waals surface area contributed by atoms with Crippen LogP contribution in [0.25, 0.3) is 0 Å². The monoisotopic (exact) mass is 494 g/mol. The molecule has 0 atom stereocenters. The summed E-state index contributed by atoms with van der Waals surface area (Å²) in [4.78, 5) is 18.0. The molecule has 4 N–H and O–H groups in total. The molecule has 0 spiro atoms. The minimum Gasteiger partial charge on any atom is -0.426 e. The maximum absolute atomic E-state index is 13.3. The number of ether oxygens (including phenoxy) is 1. The number of carbonyl (C=O) groups excluding carboxylic acids is 1. The highest BCUT2D eigenvalue weighted by Crippen LogP contribution is 2.22. The molecule has 35 heavy (non-hydrogen) atoms. The van der Waals surface area contributed by atoms with Crippen LogP contribution in [0.1, 0.15) is 48.8 Å². The van der Waals surface area contributed by atoms with E-state index in [4.69, 9.17) is 21.0 Å². The van der Waals surface area contributed by atoms with Crippen molar-refractivity contribution in [2.24, 2.45) is 5.92 Å². The van der Waals surface area contributed by atoms with Crippen molar-refractivity contribution in [1.82, 2.24) is 9.80 Å². The fourth-order valence-electron chi connectivity index (χ4n) is 4.13. The summed E-state index contributed by atoms with van der Waals surface area (Å²) in [5.74, 6) is 0.462. The zero-order chi connectivity index (χ0) is 25.4. The van der Waals surface area contributed by atoms with E-state index in [1.807, 2.05) is 23.6 Å². The molecule has 3 rings (SSSR count). The molecular formula is C26H34N6O2S. The third-order valence-electron chi connectivity index (χ3n) is 5.63. The van der Waals surface area contributed by atoms with Crippen LogP contribution in [0.2, 0.25) is 0 Å². The van der Waals surface area contributed by atoms with E-state index in [2.05, 4.69) is 24.1 Å². The lowest BCUT2D eigenvalue weighted by molar-refractivity contribution is 0.0731. The van der Waals surface area contributed by atoms with E-state index in [9.17, 15) is 4.79 Å². The smallest absolute Gasteiger partial charge is 0.269 e. The molecule has 1 amide bonds. The topological polar surface area (TPSA) is 116 Å². The maximum Gasteiger partial charge on any atom is 0.269 e. The average Bonchev–Trinajstić information content (AvgIpc) is 3.35. The number of amidine groups is 1. The second-order valence-electron chi connectivity index (χ2n) is 9.01. The summed E-state index contributed by atoms with van der Waals surface area (Å²) in [6, 6.07) is 10.7. The first-order valence-electron chi connectivity index (χ1n) is 11.8. The first-order valence-corrected chi connectivity index (χ1v) is 12.7. The van der Waals surface area contributed by atoms with Gasteiger partial charge in [0.1, 0.15) is 5.84 Å². The van der Waals surface area contributed by atoms with Crippen molar-refractivity contribution in [3.05, 3.63) is 64.5 Å². The summed E-state index contributed by atoms with van der Waals surface area (Å²) in [6.45, 7) is 8.79. The number of nitrogens with one attached hydrogen (secondary N) is 4. The molecule has 0 saturated carbocycles. The van der Waals surface area contributed by atoms with Crippen molar-refractivity contribution in [3.63, 3.8) is 0 Å². The van der Waals surface area contributed by atoms with Gasteiger partial charge in [-0.25, -0.2) is 0 Å². The highest BCUT2D eigenvalue weighted by Gasteiger charge is 2.31. The van der Waals surface area contributed by atoms with Gasteiger partial charge in [0.05, 0.1) is 4.88 Å². The highest BCUT2D eigenvalue weighted by molar-refractivity contribution is 7.12. The number of rotatable bonds is 8. The Kier molecular flexibility index (Phi) is 9.33. The number of amides is 1. The second kappa shape index (κ2) is 12.4. The lowest BCUT2D eigenvalue weighted by atomic mass is 10.0. The first-order chi connectivity index (χ1) is 16.7. The van der Waals surface area contributed by atoms with Gasteiger partial charge in [-0.15, -0.1) is 11.3 Å². The van der Waals surface area contributed by atoms with Crippen LogP contribution in [0.4, 0.5) is 5.69 Å². The number of thiophene rings is 1. The van der Waals surface area contributed by atoms with E-state index in [0.717, 1.165) is 32.5 Å². The van der Waals surface area contributed by atoms with Crippen molar-refractivity contribution in [1.29, 1.82) is 16.2 Å². The predicted octanol–water partition coefficient (Wildman–Crippen LogP) is 5.25. The molecular weight excluding hydrogens is 460 g/mol. The van der Waals surface area contributed by atoms with Crippen LogP contribution < -0.4 is 5.32 Å². The van der Waals surface area contributed by atoms with Gasteiger partial charge in [0.2, 0.25) is 5.90 Å². The summed E-state index contributed by atoms with van der Waals surface area (Å²) >= 11 is 1.39. The van der Waals surface area contributed by atoms with Crippen LogP contribution in [0.3, 0.4) is 0 Å². The van der Waals surface area contributed by atoms with E-state index in [1.165, 1.54) is 18.3 Å². The SMILES string of the molecule is CC(=N)OC(=N)c1cccc(N/C=C\C(=N)N(C(=O)c2cccs2)C2CCN(CC(C)C)CC2)c1. The van der Waals surface area contributed by atoms with E-state index < -0.39 is 0 Å². The molecule has 1 aromatic heterocycles. The quantitative estimate of drug-likeness (QED) is 0.296. The second-order valence-corrected chi connectivity index (χ2v) is 9.96. The molecule has 1 aromatic carbocycles. The number of carbonyl (C=O) groups is 1. The Balaban J connectivity index is 1.69. The van der Waals surface area contributed by atoms with Gasteiger partial charge in [0.25, 0.3) is 5.91 Å². The Morgan fingerprint density at radius 1 is 1.23 bits per heavy atom. The van der Waals surface area contributed by atoms with Crippen LogP contribution in [0, 0.1) is 22.1 Å². The van der Waals surface area contributed by atoms with Crippen LogP contribution >= 0.6 is 11.3 Å². The maximum atomic E-state index is 13.3. The Morgan fingerprint density at radius 3 is 2.60 bits per heavy atom. The molecule has 1 aliphatic heterocycles. The molecule has 1 aliphatic rings. The molecule has 1 saturated heterocycles. The van der Waals surface area contributed by atoms with E-state index >= 15 is 0 Å². The molecule has 0 radical (unpaired) electrons. The van der Waals surface area contributed by atoms with E-state index in [1.54, 1.807) is 35.4 Å². The number of hydrogen-bond acceptors (Lipinski definition) is 8. The third-order valence-corrected chi connectivity index (χ3v) is 6.48. The minimum absolute atomic E-state index is 0.0181. The molecule has 2 aromatic rings. The van der Waals surface area contributed by atoms with Crippen molar-refractivity contribution < 1.29 is 9.53 Å². The molecule has 186 valence electrons. The Hall–Kier alpha value is -3.30. The average molecular weight is 495 g/mol. The van der Waals surface area contributed by atoms with E-state index in [-0.39, 0.29) is 29.6 Å². The highest BCUT2D eigenvalue weighted by atomic mass is 32.1. The molecule has 2 heterocycles. The zero-order valence-corrected chi connectivity index (χ0v) is 21.3. The van der Waals surface area contributed by atoms with Gasteiger partial charge in [-0.2, -0.15) is 0 Å². The largest absolute Gasteiger partial charge is 0.426 e. The van der Waals surface area contributed by atoms with Gasteiger partial charge in [-0.1, -0.05) is 26.0 Å². The first kappa shape index (κ1) is 26.3. The summed E-state index contributed by atoms with van der Waals surface area (Å²) in [5, 5.41) is 29.1. The van der Waals surface area contributed by atoms with Crippen LogP contribution in [0.5, 0.6) is 0 Å². The standard InChI is InChI=1S/C26H34N6O2S/c1-18(2)17-31-13-10-22(11-14-31)32(26(33)23-8-5-15-35-23)24(28)9-12-30-21-7-4-6-20(16-21)25(29)34-19(3)27/h4-9,12,15-16,18,22,27-30H,10-11,13-14,17H2,1-3H3/b12-9-,27-19?,28-24?,29-25?. The number of nitrogens with zero attached hydrogens (tertiary/aromatic N) is 2.